The summed E-state index contributed by atoms with van der Waals surface area (Å²) in [6.45, 7) is 1.01. The van der Waals surface area contributed by atoms with Gasteiger partial charge in [0.15, 0.2) is 0 Å². The summed E-state index contributed by atoms with van der Waals surface area (Å²) in [6.07, 6.45) is 0. The Labute approximate surface area is 123 Å². The van der Waals surface area contributed by atoms with Gasteiger partial charge in [0.05, 0.1) is 11.9 Å². The minimum Gasteiger partial charge on any atom is -0.298 e. The van der Waals surface area contributed by atoms with Crippen LogP contribution in [0.4, 0.5) is 4.39 Å². The Morgan fingerprint density at radius 1 is 1.24 bits per heavy atom. The normalized spacial score (nSPS) is 11.1. The topological polar surface area (TPSA) is 54.9 Å². The lowest BCUT2D eigenvalue weighted by Gasteiger charge is -2.04. The van der Waals surface area contributed by atoms with Crippen LogP contribution in [0.15, 0.2) is 39.2 Å². The minimum atomic E-state index is -0.751. The maximum absolute atomic E-state index is 12.5. The van der Waals surface area contributed by atoms with Crippen LogP contribution in [0.5, 0.6) is 0 Å². The largest absolute Gasteiger partial charge is 0.329 e. The number of nitrogens with zero attached hydrogens (tertiary/aromatic N) is 1. The summed E-state index contributed by atoms with van der Waals surface area (Å²) in [5.41, 5.74) is 1.79. The molecule has 0 unspecified atom stereocenters. The van der Waals surface area contributed by atoms with Crippen molar-refractivity contribution in [2.45, 2.75) is 13.5 Å². The number of thiophene rings is 1. The first kappa shape index (κ1) is 13.8. The molecule has 0 aliphatic heterocycles. The van der Waals surface area contributed by atoms with Gasteiger partial charge in [-0.15, -0.1) is 11.3 Å². The lowest BCUT2D eigenvalue weighted by molar-refractivity contribution is 0.434. The van der Waals surface area contributed by atoms with Crippen molar-refractivity contribution >= 4 is 21.6 Å². The van der Waals surface area contributed by atoms with E-state index in [-0.39, 0.29) is 6.54 Å². The van der Waals surface area contributed by atoms with Gasteiger partial charge in [0.2, 0.25) is 0 Å². The zero-order valence-corrected chi connectivity index (χ0v) is 12.2. The highest BCUT2D eigenvalue weighted by atomic mass is 32.1. The molecule has 0 atom stereocenters. The number of halogens is 1. The van der Waals surface area contributed by atoms with Crippen LogP contribution >= 0.6 is 11.3 Å². The summed E-state index contributed by atoms with van der Waals surface area (Å²) in [5.74, 6) is 0. The van der Waals surface area contributed by atoms with Gasteiger partial charge in [-0.05, 0) is 12.5 Å². The maximum atomic E-state index is 12.5. The van der Waals surface area contributed by atoms with Crippen molar-refractivity contribution in [1.29, 1.82) is 0 Å². The second-order valence-corrected chi connectivity index (χ2v) is 5.68. The molecule has 0 bridgehead atoms. The minimum absolute atomic E-state index is 0.229. The molecule has 0 radical (unpaired) electrons. The van der Waals surface area contributed by atoms with Gasteiger partial charge >= 0.3 is 5.69 Å². The number of H-pyrrole nitrogens is 1. The highest BCUT2D eigenvalue weighted by molar-refractivity contribution is 7.17. The van der Waals surface area contributed by atoms with Gasteiger partial charge in [-0.2, -0.15) is 0 Å². The second-order valence-electron chi connectivity index (χ2n) is 4.80. The predicted octanol–water partition coefficient (Wildman–Crippen LogP) is 2.70. The molecular weight excluding hydrogens is 291 g/mol. The molecule has 3 rings (SSSR count). The van der Waals surface area contributed by atoms with E-state index >= 15 is 0 Å². The molecule has 0 saturated carbocycles. The molecule has 0 amide bonds. The van der Waals surface area contributed by atoms with Crippen molar-refractivity contribution in [2.24, 2.45) is 0 Å². The third kappa shape index (κ3) is 2.31. The summed E-state index contributed by atoms with van der Waals surface area (Å²) in [6, 6.07) is 7.79. The van der Waals surface area contributed by atoms with E-state index in [1.54, 1.807) is 0 Å². The Morgan fingerprint density at radius 3 is 2.62 bits per heavy atom. The summed E-state index contributed by atoms with van der Waals surface area (Å²) in [7, 11) is 0. The lowest BCUT2D eigenvalue weighted by Crippen LogP contribution is -2.35. The summed E-state index contributed by atoms with van der Waals surface area (Å²) < 4.78 is 13.4. The summed E-state index contributed by atoms with van der Waals surface area (Å²) >= 11 is 1.31. The average molecular weight is 304 g/mol. The number of hydrogen-bond acceptors (Lipinski definition) is 3. The van der Waals surface area contributed by atoms with Crippen LogP contribution in [-0.2, 0) is 6.54 Å². The van der Waals surface area contributed by atoms with Crippen molar-refractivity contribution in [1.82, 2.24) is 9.55 Å². The monoisotopic (exact) mass is 304 g/mol. The Kier molecular flexibility index (Phi) is 3.47. The summed E-state index contributed by atoms with van der Waals surface area (Å²) in [4.78, 5) is 27.4. The quantitative estimate of drug-likeness (QED) is 0.809. The standard InChI is InChI=1S/C15H13FN2O2S/c1-9-2-4-10(5-3-9)11-8-21-13-12(11)14(19)18(7-6-16)15(20)17-13/h2-5,8H,6-7H2,1H3,(H,17,20). The molecule has 0 saturated heterocycles. The van der Waals surface area contributed by atoms with Crippen molar-refractivity contribution in [3.8, 4) is 11.1 Å². The van der Waals surface area contributed by atoms with Crippen molar-refractivity contribution in [3.63, 3.8) is 0 Å². The number of aromatic nitrogens is 2. The number of alkyl halides is 1. The molecule has 0 spiro atoms. The second kappa shape index (κ2) is 5.29. The van der Waals surface area contributed by atoms with Crippen LogP contribution in [0.3, 0.4) is 0 Å². The molecule has 0 fully saturated rings. The molecule has 0 aliphatic carbocycles. The number of aromatic amines is 1. The Balaban J connectivity index is 2.30. The fraction of sp³-hybridized carbons (Fsp3) is 0.200. The van der Waals surface area contributed by atoms with E-state index in [0.717, 1.165) is 21.3 Å². The number of nitrogens with one attached hydrogen (secondary N) is 1. The average Bonchev–Trinajstić information content (AvgIpc) is 2.88. The van der Waals surface area contributed by atoms with Crippen molar-refractivity contribution in [2.75, 3.05) is 6.67 Å². The SMILES string of the molecule is Cc1ccc(-c2csc3[nH]c(=O)n(CCF)c(=O)c23)cc1. The van der Waals surface area contributed by atoms with Crippen LogP contribution in [0.1, 0.15) is 5.56 Å². The van der Waals surface area contributed by atoms with Gasteiger partial charge in [-0.25, -0.2) is 9.18 Å². The predicted molar refractivity (Wildman–Crippen MR) is 82.9 cm³/mol. The Morgan fingerprint density at radius 2 is 1.95 bits per heavy atom. The van der Waals surface area contributed by atoms with Gasteiger partial charge in [0.1, 0.15) is 11.5 Å². The first-order valence-electron chi connectivity index (χ1n) is 6.49. The van der Waals surface area contributed by atoms with E-state index in [1.165, 1.54) is 11.3 Å². The molecule has 0 aliphatic rings. The molecule has 1 aromatic carbocycles. The Hall–Kier alpha value is -2.21. The number of fused-ring (bicyclic) bond motifs is 1. The van der Waals surface area contributed by atoms with Crippen molar-refractivity contribution < 1.29 is 4.39 Å². The Bertz CT molecular complexity index is 906. The van der Waals surface area contributed by atoms with Gasteiger partial charge < -0.3 is 0 Å². The molecule has 21 heavy (non-hydrogen) atoms. The molecule has 4 nitrogen and oxygen atoms in total. The smallest absolute Gasteiger partial charge is 0.298 e. The number of aryl methyl sites for hydroxylation is 1. The van der Waals surface area contributed by atoms with Crippen LogP contribution in [0, 0.1) is 6.92 Å². The first-order chi connectivity index (χ1) is 10.1. The zero-order chi connectivity index (χ0) is 15.0. The highest BCUT2D eigenvalue weighted by Crippen LogP contribution is 2.30. The molecule has 6 heteroatoms. The first-order valence-corrected chi connectivity index (χ1v) is 7.37. The van der Waals surface area contributed by atoms with E-state index in [4.69, 9.17) is 0 Å². The van der Waals surface area contributed by atoms with Crippen LogP contribution < -0.4 is 11.2 Å². The fourth-order valence-electron chi connectivity index (χ4n) is 2.29. The molecule has 108 valence electrons. The summed E-state index contributed by atoms with van der Waals surface area (Å²) in [5, 5.41) is 2.28. The third-order valence-electron chi connectivity index (χ3n) is 3.39. The zero-order valence-electron chi connectivity index (χ0n) is 11.4. The van der Waals surface area contributed by atoms with E-state index in [1.807, 2.05) is 36.6 Å². The molecule has 1 N–H and O–H groups in total. The van der Waals surface area contributed by atoms with Crippen LogP contribution in [0.2, 0.25) is 0 Å². The van der Waals surface area contributed by atoms with E-state index in [0.29, 0.717) is 10.2 Å². The fourth-order valence-corrected chi connectivity index (χ4v) is 3.24. The number of benzene rings is 1. The van der Waals surface area contributed by atoms with Gasteiger partial charge in [-0.1, -0.05) is 29.8 Å². The van der Waals surface area contributed by atoms with E-state index in [2.05, 4.69) is 4.98 Å². The van der Waals surface area contributed by atoms with Gasteiger partial charge in [0.25, 0.3) is 5.56 Å². The van der Waals surface area contributed by atoms with Crippen LogP contribution in [0.25, 0.3) is 21.3 Å². The highest BCUT2D eigenvalue weighted by Gasteiger charge is 2.14. The van der Waals surface area contributed by atoms with Crippen molar-refractivity contribution in [3.05, 3.63) is 56.0 Å². The van der Waals surface area contributed by atoms with E-state index < -0.39 is 17.9 Å². The third-order valence-corrected chi connectivity index (χ3v) is 4.28. The number of hydrogen-bond donors (Lipinski definition) is 1. The molecule has 2 heterocycles. The lowest BCUT2D eigenvalue weighted by atomic mass is 10.1. The maximum Gasteiger partial charge on any atom is 0.329 e. The van der Waals surface area contributed by atoms with E-state index in [9.17, 15) is 14.0 Å². The van der Waals surface area contributed by atoms with Gasteiger partial charge in [-0.3, -0.25) is 14.3 Å². The molecule has 2 aromatic heterocycles. The molecule has 3 aromatic rings. The molecular formula is C15H13FN2O2S. The number of rotatable bonds is 3. The van der Waals surface area contributed by atoms with Gasteiger partial charge in [0, 0.05) is 10.9 Å². The van der Waals surface area contributed by atoms with Crippen LogP contribution in [-0.4, -0.2) is 16.2 Å².